The van der Waals surface area contributed by atoms with Crippen molar-refractivity contribution < 1.29 is 9.31 Å². The minimum absolute atomic E-state index is 0.239. The molecule has 3 rings (SSSR count). The van der Waals surface area contributed by atoms with Crippen LogP contribution in [0.1, 0.15) is 22.9 Å². The Morgan fingerprint density at radius 3 is 2.64 bits per heavy atom. The van der Waals surface area contributed by atoms with Gasteiger partial charge in [0.15, 0.2) is 0 Å². The number of nitrogens with one attached hydrogen (secondary N) is 1. The minimum Gasteiger partial charge on any atom is -0.367 e. The lowest BCUT2D eigenvalue weighted by molar-refractivity contribution is -0.384. The summed E-state index contributed by atoms with van der Waals surface area (Å²) in [6.07, 6.45) is 1.67. The molecule has 0 bridgehead atoms. The molecule has 25 heavy (non-hydrogen) atoms. The Balaban J connectivity index is 2.06. The molecule has 5 nitrogen and oxygen atoms in total. The molecule has 126 valence electrons. The van der Waals surface area contributed by atoms with Crippen LogP contribution in [0.25, 0.3) is 0 Å². The number of aromatic nitrogens is 1. The van der Waals surface area contributed by atoms with E-state index >= 15 is 0 Å². The van der Waals surface area contributed by atoms with Gasteiger partial charge in [-0.1, -0.05) is 35.9 Å². The van der Waals surface area contributed by atoms with E-state index in [1.54, 1.807) is 12.3 Å². The number of nitro benzene ring substituents is 1. The highest BCUT2D eigenvalue weighted by molar-refractivity contribution is 5.63. The molecule has 1 N–H and O–H groups in total. The molecule has 0 radical (unpaired) electrons. The Labute approximate surface area is 144 Å². The fourth-order valence-electron chi connectivity index (χ4n) is 2.66. The van der Waals surface area contributed by atoms with Crippen molar-refractivity contribution >= 4 is 11.4 Å². The summed E-state index contributed by atoms with van der Waals surface area (Å²) >= 11 is 0. The Morgan fingerprint density at radius 1 is 1.12 bits per heavy atom. The van der Waals surface area contributed by atoms with Crippen molar-refractivity contribution in [2.45, 2.75) is 13.0 Å². The number of benzene rings is 2. The first kappa shape index (κ1) is 16.6. The van der Waals surface area contributed by atoms with Gasteiger partial charge in [-0.2, -0.15) is 0 Å². The van der Waals surface area contributed by atoms with E-state index < -0.39 is 16.8 Å². The van der Waals surface area contributed by atoms with Crippen LogP contribution in [0.3, 0.4) is 0 Å². The molecule has 0 saturated carbocycles. The molecular formula is C19H16FN3O2. The summed E-state index contributed by atoms with van der Waals surface area (Å²) in [6.45, 7) is 1.97. The van der Waals surface area contributed by atoms with Crippen molar-refractivity contribution in [3.05, 3.63) is 99.6 Å². The molecule has 0 spiro atoms. The van der Waals surface area contributed by atoms with Gasteiger partial charge in [0.25, 0.3) is 5.69 Å². The fourth-order valence-corrected chi connectivity index (χ4v) is 2.66. The maximum atomic E-state index is 13.4. The zero-order valence-electron chi connectivity index (χ0n) is 13.5. The minimum atomic E-state index is -0.651. The summed E-state index contributed by atoms with van der Waals surface area (Å²) in [6, 6.07) is 16.4. The first-order valence-corrected chi connectivity index (χ1v) is 7.72. The first-order chi connectivity index (χ1) is 12.0. The van der Waals surface area contributed by atoms with Gasteiger partial charge in [-0.05, 0) is 36.8 Å². The zero-order chi connectivity index (χ0) is 17.8. The molecule has 1 atom stereocenters. The van der Waals surface area contributed by atoms with Gasteiger partial charge in [-0.3, -0.25) is 15.1 Å². The van der Waals surface area contributed by atoms with E-state index in [1.807, 2.05) is 43.3 Å². The number of rotatable bonds is 5. The number of hydrogen-bond donors (Lipinski definition) is 1. The highest BCUT2D eigenvalue weighted by Gasteiger charge is 2.21. The van der Waals surface area contributed by atoms with Crippen LogP contribution in [0.15, 0.2) is 66.9 Å². The normalized spacial score (nSPS) is 11.8. The van der Waals surface area contributed by atoms with Gasteiger partial charge in [0.2, 0.25) is 0 Å². The third-order valence-corrected chi connectivity index (χ3v) is 3.82. The highest BCUT2D eigenvalue weighted by Crippen LogP contribution is 2.31. The van der Waals surface area contributed by atoms with Crippen molar-refractivity contribution in [1.82, 2.24) is 4.98 Å². The SMILES string of the molecule is Cc1cccc(C(Nc2ccc(F)cc2[N+](=O)[O-])c2ccccn2)c1. The molecule has 0 aliphatic carbocycles. The first-order valence-electron chi connectivity index (χ1n) is 7.72. The average Bonchev–Trinajstić information content (AvgIpc) is 2.61. The van der Waals surface area contributed by atoms with Crippen LogP contribution in [0, 0.1) is 22.9 Å². The highest BCUT2D eigenvalue weighted by atomic mass is 19.1. The Hall–Kier alpha value is -3.28. The second-order valence-corrected chi connectivity index (χ2v) is 5.66. The number of anilines is 1. The summed E-state index contributed by atoms with van der Waals surface area (Å²) in [4.78, 5) is 15.0. The number of nitro groups is 1. The Morgan fingerprint density at radius 2 is 1.96 bits per heavy atom. The van der Waals surface area contributed by atoms with Crippen LogP contribution in [0.4, 0.5) is 15.8 Å². The maximum absolute atomic E-state index is 13.4. The second kappa shape index (κ2) is 7.09. The topological polar surface area (TPSA) is 68.1 Å². The fraction of sp³-hybridized carbons (Fsp3) is 0.105. The maximum Gasteiger partial charge on any atom is 0.295 e. The lowest BCUT2D eigenvalue weighted by atomic mass is 10.0. The zero-order valence-corrected chi connectivity index (χ0v) is 13.5. The molecule has 2 aromatic carbocycles. The van der Waals surface area contributed by atoms with Crippen molar-refractivity contribution in [2.75, 3.05) is 5.32 Å². The molecule has 0 fully saturated rings. The van der Waals surface area contributed by atoms with E-state index in [4.69, 9.17) is 0 Å². The number of pyridine rings is 1. The summed E-state index contributed by atoms with van der Waals surface area (Å²) in [7, 11) is 0. The molecule has 6 heteroatoms. The number of hydrogen-bond acceptors (Lipinski definition) is 4. The largest absolute Gasteiger partial charge is 0.367 e. The van der Waals surface area contributed by atoms with E-state index in [1.165, 1.54) is 12.1 Å². The van der Waals surface area contributed by atoms with E-state index in [0.717, 1.165) is 17.2 Å². The van der Waals surface area contributed by atoms with Gasteiger partial charge >= 0.3 is 0 Å². The van der Waals surface area contributed by atoms with Crippen LogP contribution in [0.5, 0.6) is 0 Å². The molecule has 0 aliphatic heterocycles. The van der Waals surface area contributed by atoms with Gasteiger partial charge < -0.3 is 5.32 Å². The predicted octanol–water partition coefficient (Wildman–Crippen LogP) is 4.64. The van der Waals surface area contributed by atoms with E-state index in [9.17, 15) is 14.5 Å². The van der Waals surface area contributed by atoms with Crippen molar-refractivity contribution in [3.63, 3.8) is 0 Å². The monoisotopic (exact) mass is 337 g/mol. The van der Waals surface area contributed by atoms with Crippen LogP contribution in [-0.4, -0.2) is 9.91 Å². The van der Waals surface area contributed by atoms with Crippen LogP contribution in [0.2, 0.25) is 0 Å². The molecule has 1 aromatic heterocycles. The standard InChI is InChI=1S/C19H16FN3O2/c1-13-5-4-6-14(11-13)19(17-7-2-3-10-21-17)22-16-9-8-15(20)12-18(16)23(24)25/h2-12,19,22H,1H3. The van der Waals surface area contributed by atoms with Gasteiger partial charge in [-0.25, -0.2) is 4.39 Å². The van der Waals surface area contributed by atoms with Gasteiger partial charge in [0.05, 0.1) is 22.7 Å². The van der Waals surface area contributed by atoms with Crippen molar-refractivity contribution in [3.8, 4) is 0 Å². The smallest absolute Gasteiger partial charge is 0.295 e. The van der Waals surface area contributed by atoms with Crippen LogP contribution >= 0.6 is 0 Å². The van der Waals surface area contributed by atoms with E-state index in [-0.39, 0.29) is 11.4 Å². The lowest BCUT2D eigenvalue weighted by Gasteiger charge is -2.20. The summed E-state index contributed by atoms with van der Waals surface area (Å²) in [5, 5.41) is 14.4. The van der Waals surface area contributed by atoms with Crippen molar-refractivity contribution in [1.29, 1.82) is 0 Å². The Bertz CT molecular complexity index is 900. The van der Waals surface area contributed by atoms with Gasteiger partial charge in [0.1, 0.15) is 11.5 Å². The number of aryl methyl sites for hydroxylation is 1. The van der Waals surface area contributed by atoms with Gasteiger partial charge in [0, 0.05) is 6.20 Å². The van der Waals surface area contributed by atoms with E-state index in [2.05, 4.69) is 10.3 Å². The lowest BCUT2D eigenvalue weighted by Crippen LogP contribution is -2.15. The summed E-state index contributed by atoms with van der Waals surface area (Å²) < 4.78 is 13.4. The number of nitrogens with zero attached hydrogens (tertiary/aromatic N) is 2. The summed E-state index contributed by atoms with van der Waals surface area (Å²) in [5.41, 5.74) is 2.62. The quantitative estimate of drug-likeness (QED) is 0.544. The molecule has 1 heterocycles. The van der Waals surface area contributed by atoms with Crippen LogP contribution in [-0.2, 0) is 0 Å². The number of halogens is 1. The van der Waals surface area contributed by atoms with E-state index in [0.29, 0.717) is 5.69 Å². The molecule has 0 aliphatic rings. The molecule has 3 aromatic rings. The second-order valence-electron chi connectivity index (χ2n) is 5.66. The Kier molecular flexibility index (Phi) is 4.70. The van der Waals surface area contributed by atoms with Gasteiger partial charge in [-0.15, -0.1) is 0 Å². The third kappa shape index (κ3) is 3.80. The molecule has 0 amide bonds. The molecular weight excluding hydrogens is 321 g/mol. The third-order valence-electron chi connectivity index (χ3n) is 3.82. The summed E-state index contributed by atoms with van der Waals surface area (Å²) in [5.74, 6) is -0.651. The molecule has 1 unspecified atom stereocenters. The predicted molar refractivity (Wildman–Crippen MR) is 93.9 cm³/mol. The molecule has 0 saturated heterocycles. The van der Waals surface area contributed by atoms with Crippen molar-refractivity contribution in [2.24, 2.45) is 0 Å². The van der Waals surface area contributed by atoms with Crippen LogP contribution < -0.4 is 5.32 Å². The average molecular weight is 337 g/mol.